The Morgan fingerprint density at radius 2 is 1.57 bits per heavy atom. The van der Waals surface area contributed by atoms with Gasteiger partial charge >= 0.3 is 12.1 Å². The van der Waals surface area contributed by atoms with Crippen LogP contribution in [0.5, 0.6) is 0 Å². The molecule has 0 bridgehead atoms. The van der Waals surface area contributed by atoms with Gasteiger partial charge in [0.25, 0.3) is 0 Å². The third-order valence-corrected chi connectivity index (χ3v) is 7.37. The summed E-state index contributed by atoms with van der Waals surface area (Å²) in [6, 6.07) is 16.2. The number of hydrogen-bond acceptors (Lipinski definition) is 5. The van der Waals surface area contributed by atoms with E-state index in [1.165, 1.54) is 0 Å². The fourth-order valence-corrected chi connectivity index (χ4v) is 5.15. The van der Waals surface area contributed by atoms with Crippen molar-refractivity contribution in [2.24, 2.45) is 11.3 Å². The third-order valence-electron chi connectivity index (χ3n) is 7.37. The van der Waals surface area contributed by atoms with Gasteiger partial charge in [0, 0.05) is 12.5 Å². The van der Waals surface area contributed by atoms with Crippen LogP contribution in [0.25, 0.3) is 11.1 Å². The molecule has 0 spiro atoms. The van der Waals surface area contributed by atoms with Crippen molar-refractivity contribution in [2.75, 3.05) is 19.7 Å². The van der Waals surface area contributed by atoms with E-state index in [0.717, 1.165) is 35.1 Å². The molecule has 0 radical (unpaired) electrons. The normalized spacial score (nSPS) is 21.9. The van der Waals surface area contributed by atoms with Crippen LogP contribution in [0.2, 0.25) is 0 Å². The standard InChI is InChI=1S/C27H32N2O6/c1-17-10-12-27(13-11-17,25(33)28-14-23(30)24(31)32)16-29-26(34)35-15-22-20-8-4-2-6-18(20)19-7-3-5-9-21(19)22/h2-9,17,22-23,30H,10-16H2,1H3,(H,28,33)(H,29,34)(H,31,32). The van der Waals surface area contributed by atoms with E-state index in [1.54, 1.807) is 0 Å². The number of carbonyl (C=O) groups excluding carboxylic acids is 2. The minimum Gasteiger partial charge on any atom is -0.479 e. The molecule has 0 heterocycles. The van der Waals surface area contributed by atoms with E-state index < -0.39 is 23.6 Å². The first-order valence-electron chi connectivity index (χ1n) is 12.1. The molecule has 1 unspecified atom stereocenters. The third kappa shape index (κ3) is 5.32. The number of amides is 2. The zero-order chi connectivity index (χ0) is 25.0. The molecule has 186 valence electrons. The number of carboxylic acid groups (broad SMARTS) is 1. The number of carbonyl (C=O) groups is 3. The van der Waals surface area contributed by atoms with Crippen molar-refractivity contribution < 1.29 is 29.3 Å². The fourth-order valence-electron chi connectivity index (χ4n) is 5.15. The number of aliphatic hydroxyl groups is 1. The van der Waals surface area contributed by atoms with E-state index in [9.17, 15) is 19.5 Å². The molecule has 0 saturated heterocycles. The molecule has 35 heavy (non-hydrogen) atoms. The first kappa shape index (κ1) is 24.7. The van der Waals surface area contributed by atoms with Gasteiger partial charge in [-0.3, -0.25) is 4.79 Å². The zero-order valence-corrected chi connectivity index (χ0v) is 19.8. The summed E-state index contributed by atoms with van der Waals surface area (Å²) in [7, 11) is 0. The van der Waals surface area contributed by atoms with Gasteiger partial charge in [0.05, 0.1) is 12.0 Å². The second-order valence-electron chi connectivity index (χ2n) is 9.71. The number of benzene rings is 2. The van der Waals surface area contributed by atoms with Crippen molar-refractivity contribution in [3.63, 3.8) is 0 Å². The van der Waals surface area contributed by atoms with E-state index in [1.807, 2.05) is 24.3 Å². The minimum absolute atomic E-state index is 0.0570. The number of carboxylic acids is 1. The van der Waals surface area contributed by atoms with Gasteiger partial charge in [0.15, 0.2) is 6.10 Å². The van der Waals surface area contributed by atoms with Gasteiger partial charge in [0.1, 0.15) is 6.61 Å². The maximum absolute atomic E-state index is 13.0. The predicted octanol–water partition coefficient (Wildman–Crippen LogP) is 3.28. The van der Waals surface area contributed by atoms with Gasteiger partial charge in [-0.1, -0.05) is 55.5 Å². The smallest absolute Gasteiger partial charge is 0.407 e. The topological polar surface area (TPSA) is 125 Å². The second-order valence-corrected chi connectivity index (χ2v) is 9.71. The van der Waals surface area contributed by atoms with Crippen molar-refractivity contribution in [1.82, 2.24) is 10.6 Å². The van der Waals surface area contributed by atoms with Gasteiger partial charge in [-0.15, -0.1) is 0 Å². The number of aliphatic hydroxyl groups excluding tert-OH is 1. The maximum Gasteiger partial charge on any atom is 0.407 e. The minimum atomic E-state index is -1.67. The Hall–Kier alpha value is -3.39. The summed E-state index contributed by atoms with van der Waals surface area (Å²) < 4.78 is 5.61. The molecule has 0 aromatic heterocycles. The van der Waals surface area contributed by atoms with Crippen LogP contribution in [-0.4, -0.2) is 54.0 Å². The number of alkyl carbamates (subject to hydrolysis) is 1. The Bertz CT molecular complexity index is 1050. The van der Waals surface area contributed by atoms with E-state index in [0.29, 0.717) is 18.8 Å². The highest BCUT2D eigenvalue weighted by Gasteiger charge is 2.41. The fraction of sp³-hybridized carbons (Fsp3) is 0.444. The number of rotatable bonds is 8. The Labute approximate surface area is 204 Å². The summed E-state index contributed by atoms with van der Waals surface area (Å²) in [6.07, 6.45) is 0.499. The lowest BCUT2D eigenvalue weighted by Crippen LogP contribution is -2.52. The van der Waals surface area contributed by atoms with Crippen LogP contribution in [0.1, 0.15) is 49.7 Å². The Balaban J connectivity index is 1.38. The molecule has 8 nitrogen and oxygen atoms in total. The van der Waals surface area contributed by atoms with Gasteiger partial charge in [-0.25, -0.2) is 9.59 Å². The van der Waals surface area contributed by atoms with Gasteiger partial charge in [0.2, 0.25) is 5.91 Å². The van der Waals surface area contributed by atoms with E-state index >= 15 is 0 Å². The number of fused-ring (bicyclic) bond motifs is 3. The van der Waals surface area contributed by atoms with Crippen molar-refractivity contribution in [1.29, 1.82) is 0 Å². The lowest BCUT2D eigenvalue weighted by Gasteiger charge is -2.38. The SMILES string of the molecule is CC1CCC(CNC(=O)OCC2c3ccccc3-c3ccccc32)(C(=O)NCC(O)C(=O)O)CC1. The van der Waals surface area contributed by atoms with Gasteiger partial charge in [-0.05, 0) is 53.9 Å². The Morgan fingerprint density at radius 3 is 2.14 bits per heavy atom. The average molecular weight is 481 g/mol. The van der Waals surface area contributed by atoms with E-state index in [-0.39, 0.29) is 31.5 Å². The first-order chi connectivity index (χ1) is 16.8. The monoisotopic (exact) mass is 480 g/mol. The lowest BCUT2D eigenvalue weighted by atomic mass is 9.70. The molecule has 2 aromatic carbocycles. The molecule has 1 saturated carbocycles. The summed E-state index contributed by atoms with van der Waals surface area (Å²) in [5, 5.41) is 23.7. The van der Waals surface area contributed by atoms with E-state index in [2.05, 4.69) is 41.8 Å². The van der Waals surface area contributed by atoms with Crippen LogP contribution in [0.3, 0.4) is 0 Å². The summed E-state index contributed by atoms with van der Waals surface area (Å²) in [4.78, 5) is 36.6. The molecular formula is C27H32N2O6. The van der Waals surface area contributed by atoms with Crippen LogP contribution in [-0.2, 0) is 14.3 Å². The largest absolute Gasteiger partial charge is 0.479 e. The molecule has 2 aliphatic carbocycles. The van der Waals surface area contributed by atoms with Crippen molar-refractivity contribution >= 4 is 18.0 Å². The molecule has 2 amide bonds. The number of aliphatic carboxylic acids is 1. The molecule has 8 heteroatoms. The molecule has 2 aromatic rings. The van der Waals surface area contributed by atoms with Crippen LogP contribution in [0, 0.1) is 11.3 Å². The van der Waals surface area contributed by atoms with Crippen LogP contribution < -0.4 is 10.6 Å². The first-order valence-corrected chi connectivity index (χ1v) is 12.1. The zero-order valence-electron chi connectivity index (χ0n) is 19.8. The molecular weight excluding hydrogens is 448 g/mol. The van der Waals surface area contributed by atoms with Crippen molar-refractivity contribution in [2.45, 2.75) is 44.6 Å². The van der Waals surface area contributed by atoms with Crippen LogP contribution in [0.15, 0.2) is 48.5 Å². The van der Waals surface area contributed by atoms with Crippen molar-refractivity contribution in [3.05, 3.63) is 59.7 Å². The number of ether oxygens (including phenoxy) is 1. The molecule has 1 fully saturated rings. The number of nitrogens with one attached hydrogen (secondary N) is 2. The summed E-state index contributed by atoms with van der Waals surface area (Å²) >= 11 is 0. The Kier molecular flexibility index (Phi) is 7.40. The van der Waals surface area contributed by atoms with Crippen LogP contribution >= 0.6 is 0 Å². The van der Waals surface area contributed by atoms with Gasteiger partial charge in [-0.2, -0.15) is 0 Å². The highest BCUT2D eigenvalue weighted by molar-refractivity contribution is 5.84. The molecule has 4 N–H and O–H groups in total. The van der Waals surface area contributed by atoms with E-state index in [4.69, 9.17) is 9.84 Å². The average Bonchev–Trinajstić information content (AvgIpc) is 3.19. The molecule has 1 atom stereocenters. The Morgan fingerprint density at radius 1 is 1.00 bits per heavy atom. The highest BCUT2D eigenvalue weighted by Crippen LogP contribution is 2.44. The molecule has 4 rings (SSSR count). The maximum atomic E-state index is 13.0. The quantitative estimate of drug-likeness (QED) is 0.460. The second kappa shape index (κ2) is 10.5. The summed E-state index contributed by atoms with van der Waals surface area (Å²) in [5.74, 6) is -1.34. The summed E-state index contributed by atoms with van der Waals surface area (Å²) in [5.41, 5.74) is 3.67. The predicted molar refractivity (Wildman–Crippen MR) is 130 cm³/mol. The van der Waals surface area contributed by atoms with Crippen molar-refractivity contribution in [3.8, 4) is 11.1 Å². The van der Waals surface area contributed by atoms with Gasteiger partial charge < -0.3 is 25.6 Å². The highest BCUT2D eigenvalue weighted by atomic mass is 16.5. The summed E-state index contributed by atoms with van der Waals surface area (Å²) in [6.45, 7) is 2.01. The lowest BCUT2D eigenvalue weighted by molar-refractivity contribution is -0.147. The van der Waals surface area contributed by atoms with Crippen LogP contribution in [0.4, 0.5) is 4.79 Å². The number of hydrogen-bond donors (Lipinski definition) is 4. The molecule has 2 aliphatic rings. The molecule has 0 aliphatic heterocycles.